The Bertz CT molecular complexity index is 811. The summed E-state index contributed by atoms with van der Waals surface area (Å²) >= 11 is 0. The number of anilines is 1. The Balaban J connectivity index is 1.40. The minimum absolute atomic E-state index is 0.417. The van der Waals surface area contributed by atoms with Gasteiger partial charge in [0.1, 0.15) is 18.2 Å². The monoisotopic (exact) mass is 409 g/mol. The molecule has 1 fully saturated rings. The van der Waals surface area contributed by atoms with Gasteiger partial charge in [0.15, 0.2) is 5.96 Å². The van der Waals surface area contributed by atoms with Crippen LogP contribution in [0.4, 0.5) is 5.82 Å². The maximum atomic E-state index is 6.00. The summed E-state index contributed by atoms with van der Waals surface area (Å²) in [6.07, 6.45) is 4.07. The standard InChI is InChI=1S/C24H35N5O/c1-18(2)21-7-5-6-8-22(21)30-16-13-26-24(25-4)28-20-11-14-29(15-12-20)23-10-9-19(3)17-27-23/h5-10,17-18,20H,11-16H2,1-4H3,(H2,25,26,28). The zero-order valence-corrected chi connectivity index (χ0v) is 18.7. The molecule has 2 heterocycles. The first-order valence-corrected chi connectivity index (χ1v) is 10.9. The molecule has 0 unspecified atom stereocenters. The largest absolute Gasteiger partial charge is 0.491 e. The number of hydrogen-bond acceptors (Lipinski definition) is 4. The van der Waals surface area contributed by atoms with Gasteiger partial charge in [0, 0.05) is 32.4 Å². The molecular weight excluding hydrogens is 374 g/mol. The van der Waals surface area contributed by atoms with Gasteiger partial charge in [0.05, 0.1) is 6.54 Å². The normalized spacial score (nSPS) is 15.4. The van der Waals surface area contributed by atoms with Crippen molar-refractivity contribution >= 4 is 11.8 Å². The second-order valence-corrected chi connectivity index (χ2v) is 8.14. The van der Waals surface area contributed by atoms with Gasteiger partial charge in [0.25, 0.3) is 0 Å². The Hall–Kier alpha value is -2.76. The van der Waals surface area contributed by atoms with Crippen molar-refractivity contribution in [1.29, 1.82) is 0 Å². The summed E-state index contributed by atoms with van der Waals surface area (Å²) in [5, 5.41) is 6.92. The minimum atomic E-state index is 0.417. The summed E-state index contributed by atoms with van der Waals surface area (Å²) in [5.41, 5.74) is 2.44. The Labute approximate surface area is 180 Å². The number of piperidine rings is 1. The maximum Gasteiger partial charge on any atom is 0.191 e. The Morgan fingerprint density at radius 2 is 1.97 bits per heavy atom. The van der Waals surface area contributed by atoms with E-state index < -0.39 is 0 Å². The molecule has 0 bridgehead atoms. The Morgan fingerprint density at radius 3 is 2.63 bits per heavy atom. The number of para-hydroxylation sites is 1. The van der Waals surface area contributed by atoms with E-state index in [9.17, 15) is 0 Å². The van der Waals surface area contributed by atoms with Crippen molar-refractivity contribution in [2.45, 2.75) is 45.6 Å². The van der Waals surface area contributed by atoms with Crippen LogP contribution in [0.15, 0.2) is 47.6 Å². The number of nitrogens with zero attached hydrogens (tertiary/aromatic N) is 3. The van der Waals surface area contributed by atoms with Crippen LogP contribution in [0.25, 0.3) is 0 Å². The van der Waals surface area contributed by atoms with E-state index >= 15 is 0 Å². The van der Waals surface area contributed by atoms with Gasteiger partial charge in [-0.25, -0.2) is 4.98 Å². The first kappa shape index (κ1) is 21.9. The van der Waals surface area contributed by atoms with Gasteiger partial charge >= 0.3 is 0 Å². The van der Waals surface area contributed by atoms with Crippen LogP contribution in [-0.2, 0) is 0 Å². The van der Waals surface area contributed by atoms with Crippen molar-refractivity contribution in [3.8, 4) is 5.75 Å². The SMILES string of the molecule is CN=C(NCCOc1ccccc1C(C)C)NC1CCN(c2ccc(C)cn2)CC1. The fourth-order valence-electron chi connectivity index (χ4n) is 3.71. The summed E-state index contributed by atoms with van der Waals surface area (Å²) in [4.78, 5) is 11.3. The number of pyridine rings is 1. The molecule has 0 amide bonds. The van der Waals surface area contributed by atoms with Gasteiger partial charge in [-0.3, -0.25) is 4.99 Å². The van der Waals surface area contributed by atoms with Crippen molar-refractivity contribution in [1.82, 2.24) is 15.6 Å². The van der Waals surface area contributed by atoms with Crippen LogP contribution in [0.5, 0.6) is 5.75 Å². The number of aromatic nitrogens is 1. The van der Waals surface area contributed by atoms with Gasteiger partial charge in [-0.1, -0.05) is 38.1 Å². The third-order valence-corrected chi connectivity index (χ3v) is 5.47. The van der Waals surface area contributed by atoms with Crippen molar-refractivity contribution in [3.63, 3.8) is 0 Å². The highest BCUT2D eigenvalue weighted by Crippen LogP contribution is 2.25. The van der Waals surface area contributed by atoms with Crippen LogP contribution in [0.1, 0.15) is 43.7 Å². The van der Waals surface area contributed by atoms with E-state index in [4.69, 9.17) is 4.74 Å². The zero-order chi connectivity index (χ0) is 21.3. The highest BCUT2D eigenvalue weighted by Gasteiger charge is 2.20. The van der Waals surface area contributed by atoms with E-state index in [1.54, 1.807) is 0 Å². The van der Waals surface area contributed by atoms with E-state index in [0.717, 1.165) is 43.5 Å². The Kier molecular flexibility index (Phi) is 7.94. The first-order valence-electron chi connectivity index (χ1n) is 10.9. The number of hydrogen-bond donors (Lipinski definition) is 2. The van der Waals surface area contributed by atoms with Crippen LogP contribution in [-0.4, -0.2) is 50.3 Å². The second-order valence-electron chi connectivity index (χ2n) is 8.14. The predicted molar refractivity (Wildman–Crippen MR) is 125 cm³/mol. The topological polar surface area (TPSA) is 61.8 Å². The minimum Gasteiger partial charge on any atom is -0.491 e. The molecular formula is C24H35N5O. The summed E-state index contributed by atoms with van der Waals surface area (Å²) in [7, 11) is 1.82. The number of nitrogens with one attached hydrogen (secondary N) is 2. The van der Waals surface area contributed by atoms with Gasteiger partial charge < -0.3 is 20.3 Å². The lowest BCUT2D eigenvalue weighted by Gasteiger charge is -2.33. The van der Waals surface area contributed by atoms with E-state index in [2.05, 4.69) is 70.5 Å². The molecule has 3 rings (SSSR count). The van der Waals surface area contributed by atoms with E-state index in [1.165, 1.54) is 11.1 Å². The van der Waals surface area contributed by atoms with Gasteiger partial charge in [-0.05, 0) is 48.9 Å². The number of rotatable bonds is 7. The third kappa shape index (κ3) is 6.12. The maximum absolute atomic E-state index is 6.00. The molecule has 0 saturated carbocycles. The van der Waals surface area contributed by atoms with Crippen molar-refractivity contribution in [3.05, 3.63) is 53.7 Å². The number of aliphatic imine (C=N–C) groups is 1. The molecule has 162 valence electrons. The van der Waals surface area contributed by atoms with Gasteiger partial charge in [-0.15, -0.1) is 0 Å². The molecule has 1 aromatic carbocycles. The van der Waals surface area contributed by atoms with Crippen molar-refractivity contribution in [2.75, 3.05) is 38.2 Å². The Morgan fingerprint density at radius 1 is 1.20 bits per heavy atom. The lowest BCUT2D eigenvalue weighted by Crippen LogP contribution is -2.49. The highest BCUT2D eigenvalue weighted by molar-refractivity contribution is 5.80. The first-order chi connectivity index (χ1) is 14.6. The van der Waals surface area contributed by atoms with Crippen LogP contribution < -0.4 is 20.3 Å². The number of ether oxygens (including phenoxy) is 1. The molecule has 0 aliphatic carbocycles. The molecule has 2 aromatic rings. The fourth-order valence-corrected chi connectivity index (χ4v) is 3.71. The van der Waals surface area contributed by atoms with Crippen LogP contribution in [0.2, 0.25) is 0 Å². The van der Waals surface area contributed by atoms with Crippen LogP contribution >= 0.6 is 0 Å². The summed E-state index contributed by atoms with van der Waals surface area (Å²) in [5.74, 6) is 3.32. The molecule has 0 atom stereocenters. The molecule has 1 saturated heterocycles. The quantitative estimate of drug-likeness (QED) is 0.415. The highest BCUT2D eigenvalue weighted by atomic mass is 16.5. The van der Waals surface area contributed by atoms with Gasteiger partial charge in [-0.2, -0.15) is 0 Å². The van der Waals surface area contributed by atoms with E-state index in [-0.39, 0.29) is 0 Å². The zero-order valence-electron chi connectivity index (χ0n) is 18.7. The number of guanidine groups is 1. The van der Waals surface area contributed by atoms with Crippen molar-refractivity contribution in [2.24, 2.45) is 4.99 Å². The summed E-state index contributed by atoms with van der Waals surface area (Å²) in [6, 6.07) is 12.9. The third-order valence-electron chi connectivity index (χ3n) is 5.47. The molecule has 1 aromatic heterocycles. The van der Waals surface area contributed by atoms with Crippen LogP contribution in [0.3, 0.4) is 0 Å². The molecule has 1 aliphatic heterocycles. The number of benzene rings is 1. The lowest BCUT2D eigenvalue weighted by atomic mass is 10.0. The molecule has 2 N–H and O–H groups in total. The van der Waals surface area contributed by atoms with Crippen LogP contribution in [0, 0.1) is 6.92 Å². The summed E-state index contributed by atoms with van der Waals surface area (Å²) < 4.78 is 6.00. The molecule has 6 nitrogen and oxygen atoms in total. The van der Waals surface area contributed by atoms with E-state index in [0.29, 0.717) is 25.1 Å². The summed E-state index contributed by atoms with van der Waals surface area (Å²) in [6.45, 7) is 9.75. The molecule has 30 heavy (non-hydrogen) atoms. The predicted octanol–water partition coefficient (Wildman–Crippen LogP) is 3.73. The average molecular weight is 410 g/mol. The molecule has 0 spiro atoms. The second kappa shape index (κ2) is 10.9. The molecule has 1 aliphatic rings. The number of aryl methyl sites for hydroxylation is 1. The van der Waals surface area contributed by atoms with Crippen molar-refractivity contribution < 1.29 is 4.74 Å². The van der Waals surface area contributed by atoms with E-state index in [1.807, 2.05) is 25.4 Å². The molecule has 0 radical (unpaired) electrons. The fraction of sp³-hybridized carbons (Fsp3) is 0.500. The molecule has 6 heteroatoms. The lowest BCUT2D eigenvalue weighted by molar-refractivity contribution is 0.317. The van der Waals surface area contributed by atoms with Gasteiger partial charge in [0.2, 0.25) is 0 Å². The smallest absolute Gasteiger partial charge is 0.191 e. The average Bonchev–Trinajstić information content (AvgIpc) is 2.77.